The number of halogens is 1. The Labute approximate surface area is 128 Å². The van der Waals surface area contributed by atoms with E-state index in [1.54, 1.807) is 31.5 Å². The van der Waals surface area contributed by atoms with Crippen molar-refractivity contribution < 1.29 is 13.9 Å². The molecule has 0 saturated carbocycles. The molecule has 0 aliphatic rings. The summed E-state index contributed by atoms with van der Waals surface area (Å²) in [6.07, 6.45) is 2.44. The van der Waals surface area contributed by atoms with E-state index >= 15 is 0 Å². The fourth-order valence-electron chi connectivity index (χ4n) is 1.84. The van der Waals surface area contributed by atoms with Crippen LogP contribution in [-0.2, 0) is 4.74 Å². The molecule has 5 nitrogen and oxygen atoms in total. The summed E-state index contributed by atoms with van der Waals surface area (Å²) in [6, 6.07) is 9.04. The number of carbonyl (C=O) groups excluding carboxylic acids is 1. The van der Waals surface area contributed by atoms with Gasteiger partial charge in [-0.15, -0.1) is 0 Å². The monoisotopic (exact) mass is 303 g/mol. The highest BCUT2D eigenvalue weighted by Crippen LogP contribution is 2.12. The molecule has 2 rings (SSSR count). The molecule has 1 amide bonds. The number of hydrogen-bond acceptors (Lipinski definition) is 4. The summed E-state index contributed by atoms with van der Waals surface area (Å²) in [4.78, 5) is 16.2. The zero-order valence-corrected chi connectivity index (χ0v) is 12.3. The first kappa shape index (κ1) is 15.9. The summed E-state index contributed by atoms with van der Waals surface area (Å²) >= 11 is 0. The Balaban J connectivity index is 1.89. The number of aromatic nitrogens is 1. The van der Waals surface area contributed by atoms with E-state index in [2.05, 4.69) is 15.6 Å². The predicted molar refractivity (Wildman–Crippen MR) is 83.6 cm³/mol. The number of carbonyl (C=O) groups is 1. The van der Waals surface area contributed by atoms with Gasteiger partial charge in [0.05, 0.1) is 11.9 Å². The second kappa shape index (κ2) is 8.09. The topological polar surface area (TPSA) is 63.2 Å². The number of methoxy groups -OCH3 is 1. The van der Waals surface area contributed by atoms with Gasteiger partial charge in [0.2, 0.25) is 0 Å². The molecule has 0 aliphatic heterocycles. The first-order chi connectivity index (χ1) is 10.7. The van der Waals surface area contributed by atoms with Crippen molar-refractivity contribution in [1.29, 1.82) is 0 Å². The van der Waals surface area contributed by atoms with Gasteiger partial charge in [0.15, 0.2) is 0 Å². The van der Waals surface area contributed by atoms with Gasteiger partial charge in [0, 0.05) is 25.8 Å². The van der Waals surface area contributed by atoms with Crippen molar-refractivity contribution in [2.75, 3.05) is 30.9 Å². The number of rotatable bonds is 7. The van der Waals surface area contributed by atoms with Crippen molar-refractivity contribution in [3.05, 3.63) is 54.0 Å². The highest BCUT2D eigenvalue weighted by Gasteiger charge is 2.07. The van der Waals surface area contributed by atoms with Gasteiger partial charge in [-0.05, 0) is 36.8 Å². The van der Waals surface area contributed by atoms with Gasteiger partial charge in [-0.1, -0.05) is 6.07 Å². The first-order valence-corrected chi connectivity index (χ1v) is 6.95. The Kier molecular flexibility index (Phi) is 5.85. The van der Waals surface area contributed by atoms with Crippen LogP contribution in [0.1, 0.15) is 16.8 Å². The summed E-state index contributed by atoms with van der Waals surface area (Å²) in [5.74, 6) is -0.0941. The van der Waals surface area contributed by atoms with Gasteiger partial charge in [-0.2, -0.15) is 0 Å². The lowest BCUT2D eigenvalue weighted by Gasteiger charge is -2.08. The molecule has 1 aromatic carbocycles. The molecule has 0 bridgehead atoms. The molecule has 0 aliphatic carbocycles. The molecule has 0 saturated heterocycles. The maximum atomic E-state index is 13.1. The smallest absolute Gasteiger partial charge is 0.255 e. The summed E-state index contributed by atoms with van der Waals surface area (Å²) in [5.41, 5.74) is 0.818. The third-order valence-electron chi connectivity index (χ3n) is 2.94. The molecule has 0 spiro atoms. The fourth-order valence-corrected chi connectivity index (χ4v) is 1.84. The normalized spacial score (nSPS) is 10.3. The van der Waals surface area contributed by atoms with Crippen LogP contribution >= 0.6 is 0 Å². The SMILES string of the molecule is COCCCNc1ccc(NC(=O)c2cccc(F)c2)cn1. The second-order valence-electron chi connectivity index (χ2n) is 4.67. The molecule has 0 atom stereocenters. The minimum Gasteiger partial charge on any atom is -0.385 e. The molecule has 6 heteroatoms. The highest BCUT2D eigenvalue weighted by atomic mass is 19.1. The summed E-state index contributed by atoms with van der Waals surface area (Å²) < 4.78 is 18.0. The minimum absolute atomic E-state index is 0.266. The van der Waals surface area contributed by atoms with Crippen LogP contribution in [0.5, 0.6) is 0 Å². The van der Waals surface area contributed by atoms with Crippen molar-refractivity contribution in [1.82, 2.24) is 4.98 Å². The molecule has 1 aromatic heterocycles. The number of pyridine rings is 1. The predicted octanol–water partition coefficient (Wildman–Crippen LogP) is 2.92. The van der Waals surface area contributed by atoms with E-state index in [9.17, 15) is 9.18 Å². The number of amides is 1. The second-order valence-corrected chi connectivity index (χ2v) is 4.67. The van der Waals surface area contributed by atoms with Crippen LogP contribution < -0.4 is 10.6 Å². The standard InChI is InChI=1S/C16H18FN3O2/c1-22-9-3-8-18-15-7-6-14(11-19-15)20-16(21)12-4-2-5-13(17)10-12/h2,4-7,10-11H,3,8-9H2,1H3,(H,18,19)(H,20,21). The van der Waals surface area contributed by atoms with Gasteiger partial charge < -0.3 is 15.4 Å². The van der Waals surface area contributed by atoms with Gasteiger partial charge >= 0.3 is 0 Å². The number of nitrogens with one attached hydrogen (secondary N) is 2. The first-order valence-electron chi connectivity index (χ1n) is 6.95. The Morgan fingerprint density at radius 1 is 1.32 bits per heavy atom. The van der Waals surface area contributed by atoms with E-state index in [1.165, 1.54) is 18.2 Å². The Hall–Kier alpha value is -2.47. The maximum absolute atomic E-state index is 13.1. The lowest BCUT2D eigenvalue weighted by molar-refractivity contribution is 0.102. The van der Waals surface area contributed by atoms with Crippen LogP contribution in [0.25, 0.3) is 0 Å². The third kappa shape index (κ3) is 4.82. The molecule has 2 aromatic rings. The van der Waals surface area contributed by atoms with E-state index in [-0.39, 0.29) is 11.5 Å². The summed E-state index contributed by atoms with van der Waals surface area (Å²) in [6.45, 7) is 1.45. The Morgan fingerprint density at radius 2 is 2.18 bits per heavy atom. The number of benzene rings is 1. The Morgan fingerprint density at radius 3 is 2.86 bits per heavy atom. The molecule has 0 unspecified atom stereocenters. The van der Waals surface area contributed by atoms with Gasteiger partial charge in [-0.25, -0.2) is 9.37 Å². The lowest BCUT2D eigenvalue weighted by atomic mass is 10.2. The molecule has 1 heterocycles. The molecular weight excluding hydrogens is 285 g/mol. The van der Waals surface area contributed by atoms with Gasteiger partial charge in [0.25, 0.3) is 5.91 Å². The van der Waals surface area contributed by atoms with Crippen LogP contribution in [0.2, 0.25) is 0 Å². The number of hydrogen-bond donors (Lipinski definition) is 2. The van der Waals surface area contributed by atoms with Gasteiger partial charge in [0.1, 0.15) is 11.6 Å². The largest absolute Gasteiger partial charge is 0.385 e. The van der Waals surface area contributed by atoms with E-state index in [0.717, 1.165) is 18.8 Å². The van der Waals surface area contributed by atoms with Crippen LogP contribution in [0.15, 0.2) is 42.6 Å². The summed E-state index contributed by atoms with van der Waals surface area (Å²) in [7, 11) is 1.66. The van der Waals surface area contributed by atoms with Crippen molar-refractivity contribution in [2.24, 2.45) is 0 Å². The minimum atomic E-state index is -0.443. The van der Waals surface area contributed by atoms with Crippen LogP contribution in [0.3, 0.4) is 0 Å². The van der Waals surface area contributed by atoms with Crippen molar-refractivity contribution in [3.8, 4) is 0 Å². The number of anilines is 2. The van der Waals surface area contributed by atoms with Crippen molar-refractivity contribution in [2.45, 2.75) is 6.42 Å². The van der Waals surface area contributed by atoms with E-state index in [1.807, 2.05) is 0 Å². The number of nitrogens with zero attached hydrogens (tertiary/aromatic N) is 1. The average Bonchev–Trinajstić information content (AvgIpc) is 2.53. The van der Waals surface area contributed by atoms with E-state index < -0.39 is 5.82 Å². The Bertz CT molecular complexity index is 617. The lowest BCUT2D eigenvalue weighted by Crippen LogP contribution is -2.12. The van der Waals surface area contributed by atoms with E-state index in [4.69, 9.17) is 4.74 Å². The molecule has 0 radical (unpaired) electrons. The van der Waals surface area contributed by atoms with Crippen LogP contribution in [-0.4, -0.2) is 31.2 Å². The third-order valence-corrected chi connectivity index (χ3v) is 2.94. The fraction of sp³-hybridized carbons (Fsp3) is 0.250. The van der Waals surface area contributed by atoms with Crippen LogP contribution in [0, 0.1) is 5.82 Å². The zero-order valence-electron chi connectivity index (χ0n) is 12.3. The molecular formula is C16H18FN3O2. The molecule has 22 heavy (non-hydrogen) atoms. The van der Waals surface area contributed by atoms with E-state index in [0.29, 0.717) is 12.3 Å². The van der Waals surface area contributed by atoms with Crippen LogP contribution in [0.4, 0.5) is 15.9 Å². The van der Waals surface area contributed by atoms with Crippen molar-refractivity contribution >= 4 is 17.4 Å². The number of ether oxygens (including phenoxy) is 1. The van der Waals surface area contributed by atoms with Crippen molar-refractivity contribution in [3.63, 3.8) is 0 Å². The maximum Gasteiger partial charge on any atom is 0.255 e. The molecule has 116 valence electrons. The quantitative estimate of drug-likeness (QED) is 0.772. The molecule has 0 fully saturated rings. The van der Waals surface area contributed by atoms with Gasteiger partial charge in [-0.3, -0.25) is 4.79 Å². The highest BCUT2D eigenvalue weighted by molar-refractivity contribution is 6.04. The molecule has 2 N–H and O–H groups in total. The zero-order chi connectivity index (χ0) is 15.8. The average molecular weight is 303 g/mol. The summed E-state index contributed by atoms with van der Waals surface area (Å²) in [5, 5.41) is 5.82.